The number of nitrogens with zero attached hydrogens (tertiary/aromatic N) is 2. The second kappa shape index (κ2) is 5.80. The SMILES string of the molecule is CNCc1nc(Oc2cccnc2C)ccc1Cl. The molecule has 0 radical (unpaired) electrons. The number of pyridine rings is 2. The van der Waals surface area contributed by atoms with Crippen molar-refractivity contribution in [3.63, 3.8) is 0 Å². The molecule has 94 valence electrons. The van der Waals surface area contributed by atoms with Crippen LogP contribution in [0, 0.1) is 6.92 Å². The molecule has 0 unspecified atom stereocenters. The third-order valence-electron chi connectivity index (χ3n) is 2.41. The van der Waals surface area contributed by atoms with E-state index in [4.69, 9.17) is 16.3 Å². The average molecular weight is 264 g/mol. The summed E-state index contributed by atoms with van der Waals surface area (Å²) in [5, 5.41) is 3.64. The van der Waals surface area contributed by atoms with Gasteiger partial charge in [-0.15, -0.1) is 0 Å². The van der Waals surface area contributed by atoms with Crippen molar-refractivity contribution in [2.45, 2.75) is 13.5 Å². The van der Waals surface area contributed by atoms with Crippen molar-refractivity contribution in [3.8, 4) is 11.6 Å². The predicted octanol–water partition coefficient (Wildman–Crippen LogP) is 2.95. The van der Waals surface area contributed by atoms with Gasteiger partial charge < -0.3 is 10.1 Å². The molecule has 0 aromatic carbocycles. The Bertz CT molecular complexity index is 546. The molecule has 1 N–H and O–H groups in total. The zero-order valence-electron chi connectivity index (χ0n) is 10.3. The summed E-state index contributed by atoms with van der Waals surface area (Å²) in [6.45, 7) is 2.49. The molecule has 4 nitrogen and oxygen atoms in total. The van der Waals surface area contributed by atoms with Crippen LogP contribution in [0.2, 0.25) is 5.02 Å². The highest BCUT2D eigenvalue weighted by Crippen LogP contribution is 2.24. The largest absolute Gasteiger partial charge is 0.437 e. The molecule has 0 bridgehead atoms. The smallest absolute Gasteiger partial charge is 0.219 e. The lowest BCUT2D eigenvalue weighted by atomic mass is 10.3. The van der Waals surface area contributed by atoms with Crippen molar-refractivity contribution in [3.05, 3.63) is 46.9 Å². The Kier molecular flexibility index (Phi) is 4.12. The Balaban J connectivity index is 2.24. The quantitative estimate of drug-likeness (QED) is 0.921. The van der Waals surface area contributed by atoms with Gasteiger partial charge in [-0.2, -0.15) is 0 Å². The van der Waals surface area contributed by atoms with Gasteiger partial charge in [-0.05, 0) is 32.2 Å². The first-order chi connectivity index (χ1) is 8.70. The van der Waals surface area contributed by atoms with Gasteiger partial charge in [0, 0.05) is 18.8 Å². The van der Waals surface area contributed by atoms with Crippen LogP contribution in [0.4, 0.5) is 0 Å². The van der Waals surface area contributed by atoms with Crippen LogP contribution in [0.1, 0.15) is 11.4 Å². The zero-order chi connectivity index (χ0) is 13.0. The van der Waals surface area contributed by atoms with E-state index >= 15 is 0 Å². The maximum absolute atomic E-state index is 6.04. The van der Waals surface area contributed by atoms with E-state index in [1.54, 1.807) is 18.3 Å². The Morgan fingerprint density at radius 3 is 2.89 bits per heavy atom. The summed E-state index contributed by atoms with van der Waals surface area (Å²) in [5.41, 5.74) is 1.59. The highest BCUT2D eigenvalue weighted by atomic mass is 35.5. The van der Waals surface area contributed by atoms with Crippen LogP contribution in [0.25, 0.3) is 0 Å². The fourth-order valence-electron chi connectivity index (χ4n) is 1.50. The fraction of sp³-hybridized carbons (Fsp3) is 0.231. The van der Waals surface area contributed by atoms with Gasteiger partial charge in [0.15, 0.2) is 5.75 Å². The number of aromatic nitrogens is 2. The Labute approximate surface area is 111 Å². The van der Waals surface area contributed by atoms with E-state index in [0.29, 0.717) is 23.2 Å². The number of hydrogen-bond donors (Lipinski definition) is 1. The van der Waals surface area contributed by atoms with Crippen molar-refractivity contribution in [2.24, 2.45) is 0 Å². The maximum Gasteiger partial charge on any atom is 0.219 e. The molecule has 0 aliphatic carbocycles. The molecule has 2 heterocycles. The second-order valence-corrected chi connectivity index (χ2v) is 4.20. The molecular weight excluding hydrogens is 250 g/mol. The van der Waals surface area contributed by atoms with E-state index < -0.39 is 0 Å². The number of nitrogens with one attached hydrogen (secondary N) is 1. The minimum atomic E-state index is 0.515. The van der Waals surface area contributed by atoms with Crippen molar-refractivity contribution in [2.75, 3.05) is 7.05 Å². The van der Waals surface area contributed by atoms with Crippen LogP contribution in [-0.2, 0) is 6.54 Å². The number of rotatable bonds is 4. The molecule has 0 saturated carbocycles. The first-order valence-electron chi connectivity index (χ1n) is 5.60. The normalized spacial score (nSPS) is 10.4. The lowest BCUT2D eigenvalue weighted by molar-refractivity contribution is 0.454. The first-order valence-corrected chi connectivity index (χ1v) is 5.98. The van der Waals surface area contributed by atoms with E-state index in [1.807, 2.05) is 26.1 Å². The molecule has 0 saturated heterocycles. The maximum atomic E-state index is 6.04. The number of ether oxygens (including phenoxy) is 1. The Morgan fingerprint density at radius 2 is 2.17 bits per heavy atom. The summed E-state index contributed by atoms with van der Waals surface area (Å²) in [4.78, 5) is 8.51. The standard InChI is InChI=1S/C13H14ClN3O/c1-9-12(4-3-7-16-9)18-13-6-5-10(14)11(17-13)8-15-2/h3-7,15H,8H2,1-2H3. The summed E-state index contributed by atoms with van der Waals surface area (Å²) in [6.07, 6.45) is 1.73. The molecule has 0 fully saturated rings. The van der Waals surface area contributed by atoms with Crippen LogP contribution in [-0.4, -0.2) is 17.0 Å². The van der Waals surface area contributed by atoms with E-state index in [0.717, 1.165) is 11.4 Å². The number of hydrogen-bond acceptors (Lipinski definition) is 4. The predicted molar refractivity (Wildman–Crippen MR) is 71.1 cm³/mol. The molecule has 0 atom stereocenters. The summed E-state index contributed by atoms with van der Waals surface area (Å²) in [6, 6.07) is 7.21. The number of aryl methyl sites for hydroxylation is 1. The molecule has 18 heavy (non-hydrogen) atoms. The summed E-state index contributed by atoms with van der Waals surface area (Å²) >= 11 is 6.04. The van der Waals surface area contributed by atoms with Crippen LogP contribution < -0.4 is 10.1 Å². The van der Waals surface area contributed by atoms with Gasteiger partial charge in [-0.3, -0.25) is 4.98 Å². The van der Waals surface area contributed by atoms with Gasteiger partial charge in [0.05, 0.1) is 16.4 Å². The third-order valence-corrected chi connectivity index (χ3v) is 2.75. The summed E-state index contributed by atoms with van der Waals surface area (Å²) in [5.74, 6) is 1.21. The molecule has 0 aliphatic rings. The fourth-order valence-corrected chi connectivity index (χ4v) is 1.67. The molecule has 2 aromatic heterocycles. The third kappa shape index (κ3) is 2.97. The molecular formula is C13H14ClN3O. The van der Waals surface area contributed by atoms with Crippen LogP contribution >= 0.6 is 11.6 Å². The van der Waals surface area contributed by atoms with Crippen LogP contribution in [0.3, 0.4) is 0 Å². The van der Waals surface area contributed by atoms with Gasteiger partial charge in [-0.1, -0.05) is 11.6 Å². The minimum absolute atomic E-state index is 0.515. The van der Waals surface area contributed by atoms with Crippen molar-refractivity contribution >= 4 is 11.6 Å². The molecule has 2 aromatic rings. The summed E-state index contributed by atoms with van der Waals surface area (Å²) in [7, 11) is 1.84. The molecule has 0 amide bonds. The lowest BCUT2D eigenvalue weighted by Crippen LogP contribution is -2.08. The molecule has 0 aliphatic heterocycles. The van der Waals surface area contributed by atoms with Gasteiger partial charge in [0.2, 0.25) is 5.88 Å². The van der Waals surface area contributed by atoms with Gasteiger partial charge >= 0.3 is 0 Å². The van der Waals surface area contributed by atoms with E-state index in [2.05, 4.69) is 15.3 Å². The van der Waals surface area contributed by atoms with Gasteiger partial charge in [-0.25, -0.2) is 4.98 Å². The van der Waals surface area contributed by atoms with E-state index in [-0.39, 0.29) is 0 Å². The first kappa shape index (κ1) is 12.8. The Morgan fingerprint density at radius 1 is 1.33 bits per heavy atom. The topological polar surface area (TPSA) is 47.0 Å². The van der Waals surface area contributed by atoms with Crippen molar-refractivity contribution in [1.82, 2.24) is 15.3 Å². The average Bonchev–Trinajstić information content (AvgIpc) is 2.36. The van der Waals surface area contributed by atoms with Crippen LogP contribution in [0.5, 0.6) is 11.6 Å². The monoisotopic (exact) mass is 263 g/mol. The summed E-state index contributed by atoms with van der Waals surface area (Å²) < 4.78 is 5.69. The van der Waals surface area contributed by atoms with Gasteiger partial charge in [0.25, 0.3) is 0 Å². The van der Waals surface area contributed by atoms with Crippen LogP contribution in [0.15, 0.2) is 30.5 Å². The highest BCUT2D eigenvalue weighted by molar-refractivity contribution is 6.31. The molecule has 2 rings (SSSR count). The second-order valence-electron chi connectivity index (χ2n) is 3.80. The van der Waals surface area contributed by atoms with Crippen molar-refractivity contribution in [1.29, 1.82) is 0 Å². The minimum Gasteiger partial charge on any atom is -0.437 e. The van der Waals surface area contributed by atoms with Crippen molar-refractivity contribution < 1.29 is 4.74 Å². The number of halogens is 1. The highest BCUT2D eigenvalue weighted by Gasteiger charge is 2.06. The molecule has 0 spiro atoms. The zero-order valence-corrected chi connectivity index (χ0v) is 11.0. The molecule has 5 heteroatoms. The van der Waals surface area contributed by atoms with Gasteiger partial charge in [0.1, 0.15) is 0 Å². The lowest BCUT2D eigenvalue weighted by Gasteiger charge is -2.09. The Hall–Kier alpha value is -1.65. The van der Waals surface area contributed by atoms with E-state index in [1.165, 1.54) is 0 Å². The van der Waals surface area contributed by atoms with E-state index in [9.17, 15) is 0 Å².